The van der Waals surface area contributed by atoms with Gasteiger partial charge in [0.25, 0.3) is 5.91 Å². The van der Waals surface area contributed by atoms with Crippen LogP contribution in [-0.4, -0.2) is 5.91 Å². The molecule has 0 radical (unpaired) electrons. The number of anilines is 2. The summed E-state index contributed by atoms with van der Waals surface area (Å²) < 4.78 is 14.2. The molecule has 0 bridgehead atoms. The summed E-state index contributed by atoms with van der Waals surface area (Å²) in [5, 5.41) is 2.83. The van der Waals surface area contributed by atoms with Gasteiger partial charge in [0.1, 0.15) is 5.82 Å². The van der Waals surface area contributed by atoms with E-state index in [1.165, 1.54) is 30.3 Å². The Balaban J connectivity index is 2.23. The van der Waals surface area contributed by atoms with E-state index >= 15 is 0 Å². The Kier molecular flexibility index (Phi) is 4.07. The number of hydrogen-bond donors (Lipinski definition) is 2. The van der Waals surface area contributed by atoms with E-state index in [-0.39, 0.29) is 5.69 Å². The number of hydrogen-bond acceptors (Lipinski definition) is 2. The minimum absolute atomic E-state index is 0.0988. The molecule has 19 heavy (non-hydrogen) atoms. The first-order chi connectivity index (χ1) is 8.97. The van der Waals surface area contributed by atoms with Gasteiger partial charge in [-0.1, -0.05) is 27.5 Å². The summed E-state index contributed by atoms with van der Waals surface area (Å²) in [7, 11) is 0. The van der Waals surface area contributed by atoms with Crippen LogP contribution >= 0.6 is 27.5 Å². The van der Waals surface area contributed by atoms with E-state index in [9.17, 15) is 9.18 Å². The predicted molar refractivity (Wildman–Crippen MR) is 77.9 cm³/mol. The number of nitrogen functional groups attached to an aromatic ring is 1. The third-order valence-electron chi connectivity index (χ3n) is 2.44. The Hall–Kier alpha value is -1.59. The van der Waals surface area contributed by atoms with Gasteiger partial charge in [0.15, 0.2) is 0 Å². The van der Waals surface area contributed by atoms with Gasteiger partial charge in [-0.3, -0.25) is 4.79 Å². The lowest BCUT2D eigenvalue weighted by Crippen LogP contribution is -2.13. The van der Waals surface area contributed by atoms with Crippen molar-refractivity contribution >= 4 is 44.8 Å². The van der Waals surface area contributed by atoms with E-state index in [2.05, 4.69) is 21.2 Å². The summed E-state index contributed by atoms with van der Waals surface area (Å²) in [6.07, 6.45) is 0. The Bertz CT molecular complexity index is 649. The minimum atomic E-state index is -0.523. The molecule has 0 spiro atoms. The number of nitrogens with two attached hydrogens (primary N) is 1. The molecule has 2 aromatic rings. The standard InChI is InChI=1S/C13H9BrClFN2O/c14-8-2-4-12(10(16)6-8)18-13(19)7-1-3-9(15)11(17)5-7/h1-6H,17H2,(H,18,19). The van der Waals surface area contributed by atoms with Crippen LogP contribution < -0.4 is 11.1 Å². The molecule has 0 unspecified atom stereocenters. The average molecular weight is 344 g/mol. The minimum Gasteiger partial charge on any atom is -0.398 e. The zero-order chi connectivity index (χ0) is 14.0. The monoisotopic (exact) mass is 342 g/mol. The summed E-state index contributed by atoms with van der Waals surface area (Å²) in [6, 6.07) is 8.85. The second kappa shape index (κ2) is 5.59. The molecule has 3 nitrogen and oxygen atoms in total. The molecule has 2 rings (SSSR count). The van der Waals surface area contributed by atoms with Gasteiger partial charge in [0.2, 0.25) is 0 Å². The molecule has 0 aliphatic heterocycles. The molecule has 2 aromatic carbocycles. The second-order valence-corrected chi connectivity index (χ2v) is 5.14. The van der Waals surface area contributed by atoms with E-state index in [0.717, 1.165) is 0 Å². The van der Waals surface area contributed by atoms with Crippen LogP contribution in [-0.2, 0) is 0 Å². The highest BCUT2D eigenvalue weighted by atomic mass is 79.9. The first kappa shape index (κ1) is 13.8. The van der Waals surface area contributed by atoms with Crippen molar-refractivity contribution in [1.82, 2.24) is 0 Å². The van der Waals surface area contributed by atoms with Gasteiger partial charge >= 0.3 is 0 Å². The third-order valence-corrected chi connectivity index (χ3v) is 3.27. The Labute approximate surface area is 122 Å². The van der Waals surface area contributed by atoms with E-state index in [1.807, 2.05) is 0 Å². The van der Waals surface area contributed by atoms with E-state index in [0.29, 0.717) is 20.7 Å². The fourth-order valence-corrected chi connectivity index (χ4v) is 1.92. The molecular weight excluding hydrogens is 335 g/mol. The SMILES string of the molecule is Nc1cc(C(=O)Nc2ccc(Br)cc2F)ccc1Cl. The number of rotatable bonds is 2. The Morgan fingerprint density at radius 2 is 2.00 bits per heavy atom. The van der Waals surface area contributed by atoms with Crippen LogP contribution in [0, 0.1) is 5.82 Å². The van der Waals surface area contributed by atoms with Gasteiger partial charge in [-0.2, -0.15) is 0 Å². The number of carbonyl (C=O) groups is 1. The fourth-order valence-electron chi connectivity index (χ4n) is 1.47. The zero-order valence-corrected chi connectivity index (χ0v) is 11.9. The van der Waals surface area contributed by atoms with E-state index in [4.69, 9.17) is 17.3 Å². The molecule has 6 heteroatoms. The van der Waals surface area contributed by atoms with Crippen molar-refractivity contribution in [3.8, 4) is 0 Å². The highest BCUT2D eigenvalue weighted by Gasteiger charge is 2.10. The number of carbonyl (C=O) groups excluding carboxylic acids is 1. The van der Waals surface area contributed by atoms with Gasteiger partial charge in [0, 0.05) is 10.0 Å². The Morgan fingerprint density at radius 1 is 1.26 bits per heavy atom. The van der Waals surface area contributed by atoms with Crippen molar-refractivity contribution in [2.45, 2.75) is 0 Å². The van der Waals surface area contributed by atoms with Crippen molar-refractivity contribution < 1.29 is 9.18 Å². The van der Waals surface area contributed by atoms with Crippen LogP contribution in [0.1, 0.15) is 10.4 Å². The van der Waals surface area contributed by atoms with E-state index < -0.39 is 11.7 Å². The fraction of sp³-hybridized carbons (Fsp3) is 0. The van der Waals surface area contributed by atoms with Gasteiger partial charge in [-0.25, -0.2) is 4.39 Å². The molecule has 0 fully saturated rings. The number of nitrogens with one attached hydrogen (secondary N) is 1. The van der Waals surface area contributed by atoms with Crippen molar-refractivity contribution in [3.05, 3.63) is 57.3 Å². The first-order valence-electron chi connectivity index (χ1n) is 5.29. The van der Waals surface area contributed by atoms with Gasteiger partial charge in [0.05, 0.1) is 16.4 Å². The normalized spacial score (nSPS) is 10.3. The summed E-state index contributed by atoms with van der Waals surface area (Å²) in [6.45, 7) is 0. The van der Waals surface area contributed by atoms with E-state index in [1.54, 1.807) is 6.07 Å². The summed E-state index contributed by atoms with van der Waals surface area (Å²) in [5.41, 5.74) is 6.31. The molecule has 0 aliphatic rings. The first-order valence-corrected chi connectivity index (χ1v) is 6.46. The van der Waals surface area contributed by atoms with Gasteiger partial charge in [-0.15, -0.1) is 0 Å². The number of amides is 1. The van der Waals surface area contributed by atoms with Crippen molar-refractivity contribution in [2.24, 2.45) is 0 Å². The zero-order valence-electron chi connectivity index (χ0n) is 9.58. The topological polar surface area (TPSA) is 55.1 Å². The van der Waals surface area contributed by atoms with Gasteiger partial charge in [-0.05, 0) is 36.4 Å². The largest absolute Gasteiger partial charge is 0.398 e. The van der Waals surface area contributed by atoms with Crippen LogP contribution in [0.15, 0.2) is 40.9 Å². The summed E-state index contributed by atoms with van der Waals surface area (Å²) >= 11 is 8.91. The van der Waals surface area contributed by atoms with Crippen LogP contribution in [0.3, 0.4) is 0 Å². The molecule has 0 aromatic heterocycles. The molecule has 98 valence electrons. The summed E-state index contributed by atoms with van der Waals surface area (Å²) in [5.74, 6) is -0.978. The maximum absolute atomic E-state index is 13.6. The number of halogens is 3. The van der Waals surface area contributed by atoms with Crippen molar-refractivity contribution in [3.63, 3.8) is 0 Å². The maximum atomic E-state index is 13.6. The highest BCUT2D eigenvalue weighted by molar-refractivity contribution is 9.10. The lowest BCUT2D eigenvalue weighted by Gasteiger charge is -2.07. The molecule has 1 amide bonds. The molecule has 0 saturated carbocycles. The molecular formula is C13H9BrClFN2O. The highest BCUT2D eigenvalue weighted by Crippen LogP contribution is 2.22. The second-order valence-electron chi connectivity index (χ2n) is 3.81. The van der Waals surface area contributed by atoms with Crippen molar-refractivity contribution in [2.75, 3.05) is 11.1 Å². The average Bonchev–Trinajstić information content (AvgIpc) is 2.36. The smallest absolute Gasteiger partial charge is 0.255 e. The van der Waals surface area contributed by atoms with Crippen LogP contribution in [0.2, 0.25) is 5.02 Å². The Morgan fingerprint density at radius 3 is 2.63 bits per heavy atom. The lowest BCUT2D eigenvalue weighted by molar-refractivity contribution is 0.102. The summed E-state index contributed by atoms with van der Waals surface area (Å²) in [4.78, 5) is 11.9. The molecule has 0 aliphatic carbocycles. The molecule has 3 N–H and O–H groups in total. The van der Waals surface area contributed by atoms with Crippen LogP contribution in [0.4, 0.5) is 15.8 Å². The number of benzene rings is 2. The molecule has 0 atom stereocenters. The molecule has 0 heterocycles. The van der Waals surface area contributed by atoms with Crippen LogP contribution in [0.25, 0.3) is 0 Å². The predicted octanol–water partition coefficient (Wildman–Crippen LogP) is 4.08. The quantitative estimate of drug-likeness (QED) is 0.807. The third kappa shape index (κ3) is 3.24. The maximum Gasteiger partial charge on any atom is 0.255 e. The van der Waals surface area contributed by atoms with Crippen molar-refractivity contribution in [1.29, 1.82) is 0 Å². The molecule has 0 saturated heterocycles. The van der Waals surface area contributed by atoms with Gasteiger partial charge < -0.3 is 11.1 Å². The van der Waals surface area contributed by atoms with Crippen LogP contribution in [0.5, 0.6) is 0 Å². The lowest BCUT2D eigenvalue weighted by atomic mass is 10.2.